The maximum Gasteiger partial charge on any atom is 0.321 e. The van der Waals surface area contributed by atoms with Crippen LogP contribution >= 0.6 is 12.4 Å². The van der Waals surface area contributed by atoms with Crippen molar-refractivity contribution in [3.8, 4) is 0 Å². The highest BCUT2D eigenvalue weighted by molar-refractivity contribution is 5.98. The molecule has 2 heterocycles. The summed E-state index contributed by atoms with van der Waals surface area (Å²) < 4.78 is 0. The van der Waals surface area contributed by atoms with Gasteiger partial charge in [0.05, 0.1) is 5.41 Å². The summed E-state index contributed by atoms with van der Waals surface area (Å²) in [5.41, 5.74) is 1.33. The van der Waals surface area contributed by atoms with Crippen molar-refractivity contribution in [2.75, 3.05) is 36.4 Å². The minimum atomic E-state index is -0.267. The molecule has 3 aliphatic rings. The van der Waals surface area contributed by atoms with Crippen molar-refractivity contribution in [3.05, 3.63) is 24.3 Å². The van der Waals surface area contributed by atoms with Crippen molar-refractivity contribution >= 4 is 35.7 Å². The molecule has 0 unspecified atom stereocenters. The van der Waals surface area contributed by atoms with Crippen LogP contribution in [0.5, 0.6) is 0 Å². The first kappa shape index (κ1) is 19.0. The number of urea groups is 1. The van der Waals surface area contributed by atoms with Crippen LogP contribution in [0.1, 0.15) is 32.1 Å². The molecule has 3 fully saturated rings. The molecular weight excluding hydrogens is 352 g/mol. The lowest BCUT2D eigenvalue weighted by Crippen LogP contribution is -2.46. The van der Waals surface area contributed by atoms with Crippen molar-refractivity contribution in [1.29, 1.82) is 0 Å². The van der Waals surface area contributed by atoms with E-state index in [1.54, 1.807) is 4.90 Å². The zero-order chi connectivity index (χ0) is 17.3. The Labute approximate surface area is 160 Å². The molecule has 26 heavy (non-hydrogen) atoms. The van der Waals surface area contributed by atoms with Gasteiger partial charge in [0.2, 0.25) is 5.91 Å². The zero-order valence-electron chi connectivity index (χ0n) is 14.9. The largest absolute Gasteiger partial charge is 0.338 e. The van der Waals surface area contributed by atoms with Crippen LogP contribution in [-0.4, -0.2) is 38.1 Å². The van der Waals surface area contributed by atoms with Gasteiger partial charge in [0, 0.05) is 31.0 Å². The van der Waals surface area contributed by atoms with E-state index in [0.29, 0.717) is 12.5 Å². The van der Waals surface area contributed by atoms with Crippen LogP contribution in [-0.2, 0) is 4.79 Å². The average Bonchev–Trinajstić information content (AvgIpc) is 3.08. The number of fused-ring (bicyclic) bond motifs is 1. The van der Waals surface area contributed by atoms with Gasteiger partial charge in [-0.25, -0.2) is 4.79 Å². The lowest BCUT2D eigenvalue weighted by molar-refractivity contribution is -0.128. The Hall–Kier alpha value is -1.79. The lowest BCUT2D eigenvalue weighted by atomic mass is 9.67. The fourth-order valence-corrected chi connectivity index (χ4v) is 4.57. The van der Waals surface area contributed by atoms with Crippen LogP contribution in [0.2, 0.25) is 0 Å². The number of nitrogens with one attached hydrogen (secondary N) is 3. The van der Waals surface area contributed by atoms with E-state index in [2.05, 4.69) is 16.0 Å². The fourth-order valence-electron chi connectivity index (χ4n) is 4.57. The summed E-state index contributed by atoms with van der Waals surface area (Å²) in [6.07, 6.45) is 5.37. The molecule has 0 radical (unpaired) electrons. The van der Waals surface area contributed by atoms with Crippen molar-refractivity contribution < 1.29 is 9.59 Å². The van der Waals surface area contributed by atoms with E-state index in [1.165, 1.54) is 6.42 Å². The van der Waals surface area contributed by atoms with E-state index in [4.69, 9.17) is 0 Å². The Morgan fingerprint density at radius 2 is 2.15 bits per heavy atom. The first-order valence-electron chi connectivity index (χ1n) is 9.37. The van der Waals surface area contributed by atoms with E-state index in [0.717, 1.165) is 56.7 Å². The van der Waals surface area contributed by atoms with E-state index in [1.807, 2.05) is 24.3 Å². The minimum absolute atomic E-state index is 0. The predicted octanol–water partition coefficient (Wildman–Crippen LogP) is 2.75. The van der Waals surface area contributed by atoms with Gasteiger partial charge in [-0.3, -0.25) is 9.69 Å². The van der Waals surface area contributed by atoms with Crippen LogP contribution in [0.25, 0.3) is 0 Å². The van der Waals surface area contributed by atoms with Crippen LogP contribution < -0.4 is 20.9 Å². The third-order valence-electron chi connectivity index (χ3n) is 5.99. The van der Waals surface area contributed by atoms with Gasteiger partial charge in [-0.15, -0.1) is 12.4 Å². The smallest absolute Gasteiger partial charge is 0.321 e. The number of nitrogens with zero attached hydrogens (tertiary/aromatic N) is 1. The van der Waals surface area contributed by atoms with Gasteiger partial charge in [-0.05, 0) is 49.9 Å². The second-order valence-electron chi connectivity index (χ2n) is 7.47. The summed E-state index contributed by atoms with van der Waals surface area (Å²) in [6.45, 7) is 3.15. The molecule has 2 aliphatic heterocycles. The molecule has 2 atom stereocenters. The number of carbonyl (C=O) groups excluding carboxylic acids is 2. The topological polar surface area (TPSA) is 73.5 Å². The molecule has 0 bridgehead atoms. The molecular formula is C19H27ClN4O2. The SMILES string of the molecule is Cl.O=C1NCCCN1c1cccc(NC(=O)[C@@]23CCCC[C@H]2CNC3)c1. The van der Waals surface area contributed by atoms with Crippen molar-refractivity contribution in [1.82, 2.24) is 10.6 Å². The number of carbonyl (C=O) groups is 2. The van der Waals surface area contributed by atoms with Gasteiger partial charge in [0.15, 0.2) is 0 Å². The van der Waals surface area contributed by atoms with E-state index in [-0.39, 0.29) is 29.8 Å². The fraction of sp³-hybridized carbons (Fsp3) is 0.579. The monoisotopic (exact) mass is 378 g/mol. The third-order valence-corrected chi connectivity index (χ3v) is 5.99. The number of anilines is 2. The van der Waals surface area contributed by atoms with E-state index in [9.17, 15) is 9.59 Å². The number of rotatable bonds is 3. The van der Waals surface area contributed by atoms with Gasteiger partial charge in [-0.1, -0.05) is 18.9 Å². The molecule has 7 heteroatoms. The number of hydrogen-bond acceptors (Lipinski definition) is 3. The summed E-state index contributed by atoms with van der Waals surface area (Å²) in [5.74, 6) is 0.569. The molecule has 3 amide bonds. The Kier molecular flexibility index (Phi) is 5.73. The quantitative estimate of drug-likeness (QED) is 0.757. The third kappa shape index (κ3) is 3.40. The molecule has 142 valence electrons. The number of hydrogen-bond donors (Lipinski definition) is 3. The van der Waals surface area contributed by atoms with Crippen molar-refractivity contribution in [2.45, 2.75) is 32.1 Å². The van der Waals surface area contributed by atoms with Gasteiger partial charge in [0.25, 0.3) is 0 Å². The lowest BCUT2D eigenvalue weighted by Gasteiger charge is -2.37. The Morgan fingerprint density at radius 3 is 3.00 bits per heavy atom. The number of amides is 3. The standard InChI is InChI=1S/C19H26N4O2.ClH/c24-17(19-8-2-1-5-14(19)12-20-13-19)22-15-6-3-7-16(11-15)23-10-4-9-21-18(23)25;/h3,6-7,11,14,20H,1-2,4-5,8-10,12-13H2,(H,21,25)(H,22,24);1H/t14-,19+;/m0./s1. The maximum absolute atomic E-state index is 13.1. The van der Waals surface area contributed by atoms with Crippen molar-refractivity contribution in [3.63, 3.8) is 0 Å². The summed E-state index contributed by atoms with van der Waals surface area (Å²) in [5, 5.41) is 9.41. The first-order valence-corrected chi connectivity index (χ1v) is 9.37. The molecule has 0 spiro atoms. The molecule has 2 saturated heterocycles. The summed E-state index contributed by atoms with van der Waals surface area (Å²) >= 11 is 0. The van der Waals surface area contributed by atoms with E-state index < -0.39 is 0 Å². The van der Waals surface area contributed by atoms with Gasteiger partial charge >= 0.3 is 6.03 Å². The minimum Gasteiger partial charge on any atom is -0.338 e. The number of halogens is 1. The van der Waals surface area contributed by atoms with Crippen LogP contribution in [0.4, 0.5) is 16.2 Å². The second-order valence-corrected chi connectivity index (χ2v) is 7.47. The highest BCUT2D eigenvalue weighted by Gasteiger charge is 2.49. The highest BCUT2D eigenvalue weighted by Crippen LogP contribution is 2.44. The number of benzene rings is 1. The molecule has 6 nitrogen and oxygen atoms in total. The van der Waals surface area contributed by atoms with Gasteiger partial charge in [-0.2, -0.15) is 0 Å². The molecule has 0 aromatic heterocycles. The summed E-state index contributed by atoms with van der Waals surface area (Å²) in [6, 6.07) is 7.55. The molecule has 1 saturated carbocycles. The van der Waals surface area contributed by atoms with Gasteiger partial charge in [0.1, 0.15) is 0 Å². The predicted molar refractivity (Wildman–Crippen MR) is 105 cm³/mol. The average molecular weight is 379 g/mol. The Balaban J connectivity index is 0.00000196. The van der Waals surface area contributed by atoms with Crippen LogP contribution in [0.3, 0.4) is 0 Å². The first-order chi connectivity index (χ1) is 12.2. The van der Waals surface area contributed by atoms with E-state index >= 15 is 0 Å². The molecule has 4 rings (SSSR count). The molecule has 3 N–H and O–H groups in total. The molecule has 1 aromatic carbocycles. The maximum atomic E-state index is 13.1. The van der Waals surface area contributed by atoms with Gasteiger partial charge < -0.3 is 16.0 Å². The second kappa shape index (κ2) is 7.84. The Bertz CT molecular complexity index is 683. The Morgan fingerprint density at radius 1 is 1.27 bits per heavy atom. The summed E-state index contributed by atoms with van der Waals surface area (Å²) in [7, 11) is 0. The molecule has 1 aromatic rings. The molecule has 1 aliphatic carbocycles. The zero-order valence-corrected chi connectivity index (χ0v) is 15.7. The van der Waals surface area contributed by atoms with Crippen LogP contribution in [0, 0.1) is 11.3 Å². The summed E-state index contributed by atoms with van der Waals surface area (Å²) in [4.78, 5) is 26.9. The van der Waals surface area contributed by atoms with Crippen molar-refractivity contribution in [2.24, 2.45) is 11.3 Å². The highest BCUT2D eigenvalue weighted by atomic mass is 35.5. The normalized spacial score (nSPS) is 27.9. The van der Waals surface area contributed by atoms with Crippen LogP contribution in [0.15, 0.2) is 24.3 Å².